The first-order valence-electron chi connectivity index (χ1n) is 7.87. The van der Waals surface area contributed by atoms with Crippen molar-refractivity contribution < 1.29 is 23.4 Å². The third kappa shape index (κ3) is 3.28. The minimum Gasteiger partial charge on any atom is -0.478 e. The summed E-state index contributed by atoms with van der Waals surface area (Å²) in [6.45, 7) is 4.61. The summed E-state index contributed by atoms with van der Waals surface area (Å²) in [5, 5.41) is 10.5. The zero-order valence-corrected chi connectivity index (χ0v) is 14.0. The van der Waals surface area contributed by atoms with Gasteiger partial charge in [0.1, 0.15) is 11.5 Å². The number of allylic oxidation sites excluding steroid dienone is 1. The fourth-order valence-electron chi connectivity index (χ4n) is 2.58. The van der Waals surface area contributed by atoms with Gasteiger partial charge in [0.05, 0.1) is 5.56 Å². The van der Waals surface area contributed by atoms with Gasteiger partial charge in [0, 0.05) is 10.9 Å². The number of fused-ring (bicyclic) bond motifs is 1. The molecule has 0 aliphatic rings. The van der Waals surface area contributed by atoms with Gasteiger partial charge in [-0.25, -0.2) is 4.79 Å². The van der Waals surface area contributed by atoms with Gasteiger partial charge in [-0.1, -0.05) is 18.7 Å². The Labute approximate surface area is 149 Å². The van der Waals surface area contributed by atoms with E-state index in [0.29, 0.717) is 16.9 Å². The number of alkyl halides is 2. The minimum absolute atomic E-state index is 0.152. The monoisotopic (exact) mass is 354 g/mol. The zero-order chi connectivity index (χ0) is 18.9. The van der Waals surface area contributed by atoms with Gasteiger partial charge in [-0.05, 0) is 66.4 Å². The van der Waals surface area contributed by atoms with Crippen LogP contribution in [0.25, 0.3) is 10.8 Å². The first-order valence-corrected chi connectivity index (χ1v) is 7.87. The molecule has 0 aromatic heterocycles. The SMILES string of the molecule is C=C(C)C(F)(F)c1ccc(Oc2cccc3cc(C(=O)O)ccc23)cc1. The van der Waals surface area contributed by atoms with Crippen molar-refractivity contribution in [3.8, 4) is 11.5 Å². The minimum atomic E-state index is -3.09. The van der Waals surface area contributed by atoms with Crippen LogP contribution in [0.1, 0.15) is 22.8 Å². The highest BCUT2D eigenvalue weighted by Crippen LogP contribution is 2.36. The molecule has 0 radical (unpaired) electrons. The Kier molecular flexibility index (Phi) is 4.47. The van der Waals surface area contributed by atoms with E-state index in [1.807, 2.05) is 0 Å². The standard InChI is InChI=1S/C21H16F2O3/c1-13(2)21(22,23)16-7-9-17(10-8-16)26-19-5-3-4-14-12-15(20(24)25)6-11-18(14)19/h3-12H,1H2,2H3,(H,24,25). The number of aromatic carboxylic acids is 1. The fourth-order valence-corrected chi connectivity index (χ4v) is 2.58. The van der Waals surface area contributed by atoms with E-state index in [1.54, 1.807) is 30.3 Å². The average Bonchev–Trinajstić information content (AvgIpc) is 2.62. The summed E-state index contributed by atoms with van der Waals surface area (Å²) in [4.78, 5) is 11.1. The Hall–Kier alpha value is -3.21. The molecule has 0 aliphatic heterocycles. The quantitative estimate of drug-likeness (QED) is 0.572. The van der Waals surface area contributed by atoms with Crippen LogP contribution in [0.3, 0.4) is 0 Å². The molecule has 3 aromatic rings. The number of carboxylic acids is 1. The van der Waals surface area contributed by atoms with E-state index in [0.717, 1.165) is 5.39 Å². The lowest BCUT2D eigenvalue weighted by Gasteiger charge is -2.17. The Morgan fingerprint density at radius 3 is 2.38 bits per heavy atom. The molecule has 0 heterocycles. The van der Waals surface area contributed by atoms with Crippen molar-refractivity contribution in [2.75, 3.05) is 0 Å². The van der Waals surface area contributed by atoms with Crippen LogP contribution in [0.15, 0.2) is 72.8 Å². The summed E-state index contributed by atoms with van der Waals surface area (Å²) in [6.07, 6.45) is 0. The van der Waals surface area contributed by atoms with Crippen molar-refractivity contribution in [1.29, 1.82) is 0 Å². The van der Waals surface area contributed by atoms with E-state index in [4.69, 9.17) is 9.84 Å². The normalized spacial score (nSPS) is 11.3. The maximum atomic E-state index is 14.0. The Bertz CT molecular complexity index is 992. The average molecular weight is 354 g/mol. The maximum absolute atomic E-state index is 14.0. The van der Waals surface area contributed by atoms with Crippen LogP contribution in [0.5, 0.6) is 11.5 Å². The molecule has 0 fully saturated rings. The lowest BCUT2D eigenvalue weighted by molar-refractivity contribution is 0.0385. The van der Waals surface area contributed by atoms with Gasteiger partial charge in [0.2, 0.25) is 0 Å². The Balaban J connectivity index is 1.92. The van der Waals surface area contributed by atoms with Gasteiger partial charge in [0.15, 0.2) is 0 Å². The van der Waals surface area contributed by atoms with Crippen LogP contribution >= 0.6 is 0 Å². The predicted octanol–water partition coefficient (Wildman–Crippen LogP) is 6.00. The molecular formula is C21H16F2O3. The summed E-state index contributed by atoms with van der Waals surface area (Å²) in [5.74, 6) is -3.18. The highest BCUT2D eigenvalue weighted by atomic mass is 19.3. The molecule has 0 atom stereocenters. The third-order valence-electron chi connectivity index (χ3n) is 4.07. The first-order chi connectivity index (χ1) is 12.3. The molecule has 3 nitrogen and oxygen atoms in total. The van der Waals surface area contributed by atoms with Crippen LogP contribution in [0, 0.1) is 0 Å². The van der Waals surface area contributed by atoms with Crippen molar-refractivity contribution in [2.45, 2.75) is 12.8 Å². The van der Waals surface area contributed by atoms with E-state index >= 15 is 0 Å². The molecule has 0 bridgehead atoms. The van der Waals surface area contributed by atoms with Crippen LogP contribution in [0.2, 0.25) is 0 Å². The summed E-state index contributed by atoms with van der Waals surface area (Å²) in [5.41, 5.74) is -0.197. The number of rotatable bonds is 5. The van der Waals surface area contributed by atoms with Crippen LogP contribution in [-0.2, 0) is 5.92 Å². The van der Waals surface area contributed by atoms with Gasteiger partial charge < -0.3 is 9.84 Å². The molecule has 26 heavy (non-hydrogen) atoms. The van der Waals surface area contributed by atoms with Gasteiger partial charge in [-0.3, -0.25) is 0 Å². The number of benzene rings is 3. The number of carbonyl (C=O) groups is 1. The number of hydrogen-bond donors (Lipinski definition) is 1. The van der Waals surface area contributed by atoms with Gasteiger partial charge >= 0.3 is 5.97 Å². The van der Waals surface area contributed by atoms with Crippen molar-refractivity contribution in [1.82, 2.24) is 0 Å². The number of ether oxygens (including phenoxy) is 1. The van der Waals surface area contributed by atoms with E-state index in [-0.39, 0.29) is 16.7 Å². The summed E-state index contributed by atoms with van der Waals surface area (Å²) >= 11 is 0. The summed E-state index contributed by atoms with van der Waals surface area (Å²) < 4.78 is 33.7. The molecule has 3 rings (SSSR count). The second kappa shape index (κ2) is 6.59. The highest BCUT2D eigenvalue weighted by molar-refractivity contribution is 5.96. The van der Waals surface area contributed by atoms with Crippen molar-refractivity contribution in [3.05, 3.63) is 83.9 Å². The summed E-state index contributed by atoms with van der Waals surface area (Å²) in [7, 11) is 0. The number of carboxylic acid groups (broad SMARTS) is 1. The van der Waals surface area contributed by atoms with Crippen LogP contribution in [-0.4, -0.2) is 11.1 Å². The van der Waals surface area contributed by atoms with Gasteiger partial charge in [-0.15, -0.1) is 0 Å². The Morgan fingerprint density at radius 1 is 1.08 bits per heavy atom. The number of hydrogen-bond acceptors (Lipinski definition) is 2. The van der Waals surface area contributed by atoms with Crippen LogP contribution in [0.4, 0.5) is 8.78 Å². The van der Waals surface area contributed by atoms with E-state index in [9.17, 15) is 13.6 Å². The molecule has 132 valence electrons. The molecule has 3 aromatic carbocycles. The molecule has 1 N–H and O–H groups in total. The highest BCUT2D eigenvalue weighted by Gasteiger charge is 2.32. The molecule has 5 heteroatoms. The molecule has 0 saturated carbocycles. The largest absolute Gasteiger partial charge is 0.478 e. The van der Waals surface area contributed by atoms with E-state index in [2.05, 4.69) is 6.58 Å². The molecular weight excluding hydrogens is 338 g/mol. The second-order valence-corrected chi connectivity index (χ2v) is 5.98. The smallest absolute Gasteiger partial charge is 0.335 e. The number of halogens is 2. The zero-order valence-electron chi connectivity index (χ0n) is 14.0. The second-order valence-electron chi connectivity index (χ2n) is 5.98. The summed E-state index contributed by atoms with van der Waals surface area (Å²) in [6, 6.07) is 15.5. The predicted molar refractivity (Wildman–Crippen MR) is 96.1 cm³/mol. The maximum Gasteiger partial charge on any atom is 0.335 e. The third-order valence-corrected chi connectivity index (χ3v) is 4.07. The Morgan fingerprint density at radius 2 is 1.77 bits per heavy atom. The molecule has 0 saturated heterocycles. The lowest BCUT2D eigenvalue weighted by atomic mass is 10.0. The van der Waals surface area contributed by atoms with Crippen molar-refractivity contribution in [2.24, 2.45) is 0 Å². The fraction of sp³-hybridized carbons (Fsp3) is 0.0952. The molecule has 0 unspecified atom stereocenters. The van der Waals surface area contributed by atoms with Crippen molar-refractivity contribution >= 4 is 16.7 Å². The lowest BCUT2D eigenvalue weighted by Crippen LogP contribution is -2.13. The van der Waals surface area contributed by atoms with Crippen molar-refractivity contribution in [3.63, 3.8) is 0 Å². The molecule has 0 aliphatic carbocycles. The molecule has 0 amide bonds. The topological polar surface area (TPSA) is 46.5 Å². The van der Waals surface area contributed by atoms with E-state index < -0.39 is 11.9 Å². The van der Waals surface area contributed by atoms with Gasteiger partial charge in [0.25, 0.3) is 5.92 Å². The molecule has 0 spiro atoms. The van der Waals surface area contributed by atoms with Crippen LogP contribution < -0.4 is 4.74 Å². The first kappa shape index (κ1) is 17.6. The van der Waals surface area contributed by atoms with Gasteiger partial charge in [-0.2, -0.15) is 8.78 Å². The van der Waals surface area contributed by atoms with E-state index in [1.165, 1.54) is 37.3 Å².